The minimum Gasteiger partial charge on any atom is -0.458 e. The number of rotatable bonds is 6. The first-order valence-corrected chi connectivity index (χ1v) is 15.5. The minimum atomic E-state index is -1.43. The molecule has 14 heteroatoms. The Bertz CT molecular complexity index is 1220. The van der Waals surface area contributed by atoms with Gasteiger partial charge >= 0.3 is 18.1 Å². The number of oxime groups is 1. The molecule has 3 aliphatic heterocycles. The molecular weight excluding hydrogens is 604 g/mol. The van der Waals surface area contributed by atoms with Gasteiger partial charge in [0.15, 0.2) is 30.7 Å². The van der Waals surface area contributed by atoms with E-state index < -0.39 is 89.6 Å². The van der Waals surface area contributed by atoms with E-state index in [-0.39, 0.29) is 25.6 Å². The lowest BCUT2D eigenvalue weighted by molar-refractivity contribution is -0.285. The van der Waals surface area contributed by atoms with E-state index >= 15 is 0 Å². The highest BCUT2D eigenvalue weighted by atomic mass is 16.8. The summed E-state index contributed by atoms with van der Waals surface area (Å²) in [6.45, 7) is 12.9. The largest absolute Gasteiger partial charge is 0.509 e. The Hall–Kier alpha value is -3.25. The number of Topliss-reactive ketones (excluding diaryl/α,β-unsaturated/α-hetero) is 1. The van der Waals surface area contributed by atoms with Gasteiger partial charge < -0.3 is 43.7 Å². The summed E-state index contributed by atoms with van der Waals surface area (Å²) in [6.07, 6.45) is -0.713. The van der Waals surface area contributed by atoms with E-state index in [4.69, 9.17) is 50.2 Å². The van der Waals surface area contributed by atoms with Crippen molar-refractivity contribution in [3.63, 3.8) is 0 Å². The highest BCUT2D eigenvalue weighted by Gasteiger charge is 2.57. The molecule has 0 amide bonds. The molecule has 0 spiro atoms. The summed E-state index contributed by atoms with van der Waals surface area (Å²) in [5.74, 6) is -1.83. The molecular formula is C32H48N2O12. The number of ether oxygens (including phenoxy) is 7. The molecule has 0 aromatic carbocycles. The van der Waals surface area contributed by atoms with Gasteiger partial charge in [0.25, 0.3) is 0 Å². The highest BCUT2D eigenvalue weighted by molar-refractivity contribution is 5.99. The van der Waals surface area contributed by atoms with Gasteiger partial charge in [-0.3, -0.25) is 14.4 Å². The molecule has 258 valence electrons. The van der Waals surface area contributed by atoms with Crippen molar-refractivity contribution in [1.29, 1.82) is 0 Å². The third-order valence-electron chi connectivity index (χ3n) is 9.28. The number of esters is 2. The molecule has 3 fully saturated rings. The van der Waals surface area contributed by atoms with Gasteiger partial charge in [0.1, 0.15) is 17.8 Å². The molecule has 2 N–H and O–H groups in total. The summed E-state index contributed by atoms with van der Waals surface area (Å²) >= 11 is 0. The quantitative estimate of drug-likeness (QED) is 0.111. The fraction of sp³-hybridized carbons (Fsp3) is 0.781. The molecule has 0 bridgehead atoms. The Morgan fingerprint density at radius 1 is 1.13 bits per heavy atom. The average Bonchev–Trinajstić information content (AvgIpc) is 3.29. The lowest BCUT2D eigenvalue weighted by atomic mass is 9.76. The van der Waals surface area contributed by atoms with Crippen LogP contribution in [0.4, 0.5) is 4.79 Å². The van der Waals surface area contributed by atoms with Crippen LogP contribution in [-0.4, -0.2) is 97.4 Å². The molecule has 0 radical (unpaired) electrons. The number of hydrogen-bond donors (Lipinski definition) is 1. The molecule has 3 heterocycles. The van der Waals surface area contributed by atoms with E-state index in [0.717, 1.165) is 0 Å². The highest BCUT2D eigenvalue weighted by Crippen LogP contribution is 2.40. The molecule has 0 aromatic rings. The molecule has 3 rings (SSSR count). The van der Waals surface area contributed by atoms with E-state index in [2.05, 4.69) is 11.1 Å². The predicted octanol–water partition coefficient (Wildman–Crippen LogP) is 2.67. The van der Waals surface area contributed by atoms with Gasteiger partial charge in [0, 0.05) is 38.3 Å². The van der Waals surface area contributed by atoms with Gasteiger partial charge in [-0.05, 0) is 47.5 Å². The van der Waals surface area contributed by atoms with Crippen molar-refractivity contribution >= 4 is 29.6 Å². The molecule has 3 aliphatic rings. The maximum atomic E-state index is 13.7. The Morgan fingerprint density at radius 2 is 1.80 bits per heavy atom. The summed E-state index contributed by atoms with van der Waals surface area (Å²) in [7, 11) is 1.47. The second-order valence-electron chi connectivity index (χ2n) is 12.9. The second-order valence-corrected chi connectivity index (χ2v) is 12.9. The molecule has 14 nitrogen and oxygen atoms in total. The van der Waals surface area contributed by atoms with Crippen LogP contribution in [0.25, 0.3) is 0 Å². The number of hydrogen-bond acceptors (Lipinski definition) is 14. The topological polar surface area (TPSA) is 180 Å². The molecule has 3 saturated heterocycles. The molecule has 0 aromatic heterocycles. The van der Waals surface area contributed by atoms with Crippen LogP contribution in [0.3, 0.4) is 0 Å². The number of carbonyl (C=O) groups excluding carboxylic acids is 4. The van der Waals surface area contributed by atoms with Crippen LogP contribution < -0.4 is 5.73 Å². The Kier molecular flexibility index (Phi) is 12.2. The number of nitrogens with zero attached hydrogens (tertiary/aromatic N) is 1. The number of cyclic esters (lactones) is 1. The van der Waals surface area contributed by atoms with E-state index in [1.54, 1.807) is 27.7 Å². The van der Waals surface area contributed by atoms with Crippen LogP contribution in [0, 0.1) is 30.1 Å². The normalized spacial score (nSPS) is 41.7. The van der Waals surface area contributed by atoms with Gasteiger partial charge in [0.05, 0.1) is 23.5 Å². The smallest absolute Gasteiger partial charge is 0.458 e. The zero-order chi connectivity index (χ0) is 34.6. The number of nitrogens with two attached hydrogens (primary N) is 1. The van der Waals surface area contributed by atoms with Crippen LogP contribution in [0.1, 0.15) is 74.7 Å². The van der Waals surface area contributed by atoms with Gasteiger partial charge in [0.2, 0.25) is 0 Å². The van der Waals surface area contributed by atoms with Crippen molar-refractivity contribution < 1.29 is 57.2 Å². The second kappa shape index (κ2) is 15.1. The maximum Gasteiger partial charge on any atom is 0.509 e. The first-order chi connectivity index (χ1) is 21.5. The number of terminal acetylenes is 1. The molecule has 12 unspecified atom stereocenters. The van der Waals surface area contributed by atoms with Crippen LogP contribution in [0.15, 0.2) is 5.16 Å². The van der Waals surface area contributed by atoms with Gasteiger partial charge in [-0.1, -0.05) is 24.9 Å². The zero-order valence-electron chi connectivity index (χ0n) is 28.1. The number of fused-ring (bicyclic) bond motifs is 1. The number of ketones is 1. The maximum absolute atomic E-state index is 13.7. The van der Waals surface area contributed by atoms with Crippen LogP contribution in [0.2, 0.25) is 0 Å². The van der Waals surface area contributed by atoms with E-state index in [1.165, 1.54) is 21.0 Å². The molecule has 0 aliphatic carbocycles. The SMILES string of the molecule is C#CCON=C1C(C)CC(C)(OC)C(OC2OC(C)CC(N)C2OC(C)=O)CC(=O)C(C)C(=O)OC(C)C2(C)OC(=O)OC2C1C. The fourth-order valence-corrected chi connectivity index (χ4v) is 6.35. The van der Waals surface area contributed by atoms with Gasteiger partial charge in [-0.2, -0.15) is 0 Å². The standard InChI is InChI=1S/C32H48N2O12/c1-11-12-40-34-25-16(2)15-31(8,39-10)24(44-29-26(43-21(7)35)22(33)13-17(3)41-29)14-23(36)18(4)28(37)42-20(6)32(9)27(19(25)5)45-30(38)46-32/h1,16-20,22,24,26-27,29H,12-15,33H2,2-10H3. The third kappa shape index (κ3) is 8.17. The van der Waals surface area contributed by atoms with Crippen molar-refractivity contribution in [2.75, 3.05) is 13.7 Å². The average molecular weight is 653 g/mol. The van der Waals surface area contributed by atoms with E-state index in [1.807, 2.05) is 13.8 Å². The lowest BCUT2D eigenvalue weighted by Crippen LogP contribution is -2.58. The summed E-state index contributed by atoms with van der Waals surface area (Å²) in [4.78, 5) is 56.9. The Balaban J connectivity index is 2.12. The lowest BCUT2D eigenvalue weighted by Gasteiger charge is -2.44. The fourth-order valence-electron chi connectivity index (χ4n) is 6.35. The minimum absolute atomic E-state index is 0.121. The van der Waals surface area contributed by atoms with Crippen LogP contribution >= 0.6 is 0 Å². The first-order valence-electron chi connectivity index (χ1n) is 15.5. The van der Waals surface area contributed by atoms with E-state index in [0.29, 0.717) is 12.1 Å². The van der Waals surface area contributed by atoms with E-state index in [9.17, 15) is 19.2 Å². The molecule has 12 atom stereocenters. The van der Waals surface area contributed by atoms with Crippen molar-refractivity contribution in [3.8, 4) is 12.3 Å². The summed E-state index contributed by atoms with van der Waals surface area (Å²) in [6, 6.07) is -0.603. The van der Waals surface area contributed by atoms with Crippen LogP contribution in [-0.2, 0) is 52.4 Å². The third-order valence-corrected chi connectivity index (χ3v) is 9.28. The van der Waals surface area contributed by atoms with Gasteiger partial charge in [-0.15, -0.1) is 6.42 Å². The summed E-state index contributed by atoms with van der Waals surface area (Å²) < 4.78 is 41.0. The summed E-state index contributed by atoms with van der Waals surface area (Å²) in [5.41, 5.74) is 4.14. The summed E-state index contributed by atoms with van der Waals surface area (Å²) in [5, 5.41) is 4.35. The number of methoxy groups -OCH3 is 1. The van der Waals surface area contributed by atoms with Gasteiger partial charge in [-0.25, -0.2) is 4.79 Å². The van der Waals surface area contributed by atoms with Crippen molar-refractivity contribution in [3.05, 3.63) is 0 Å². The monoisotopic (exact) mass is 652 g/mol. The van der Waals surface area contributed by atoms with Crippen molar-refractivity contribution in [2.45, 2.75) is 129 Å². The first kappa shape index (κ1) is 37.2. The Morgan fingerprint density at radius 3 is 2.41 bits per heavy atom. The zero-order valence-corrected chi connectivity index (χ0v) is 28.1. The van der Waals surface area contributed by atoms with Crippen molar-refractivity contribution in [1.82, 2.24) is 0 Å². The van der Waals surface area contributed by atoms with Crippen LogP contribution in [0.5, 0.6) is 0 Å². The molecule has 46 heavy (non-hydrogen) atoms. The number of carbonyl (C=O) groups is 4. The molecule has 0 saturated carbocycles. The predicted molar refractivity (Wildman–Crippen MR) is 162 cm³/mol. The van der Waals surface area contributed by atoms with Crippen molar-refractivity contribution in [2.24, 2.45) is 28.6 Å². The Labute approximate surface area is 270 Å².